The first-order chi connectivity index (χ1) is 14.0. The van der Waals surface area contributed by atoms with Crippen LogP contribution in [0.3, 0.4) is 0 Å². The van der Waals surface area contributed by atoms with Crippen molar-refractivity contribution in [3.8, 4) is 0 Å². The number of nitrogens with zero attached hydrogens (tertiary/aromatic N) is 2. The predicted molar refractivity (Wildman–Crippen MR) is 122 cm³/mol. The molecule has 0 aliphatic carbocycles. The van der Waals surface area contributed by atoms with Crippen molar-refractivity contribution in [3.63, 3.8) is 0 Å². The molecule has 0 radical (unpaired) electrons. The number of unbranched alkanes of at least 4 members (excludes halogenated alkanes) is 1. The Morgan fingerprint density at radius 2 is 1.28 bits per heavy atom. The summed E-state index contributed by atoms with van der Waals surface area (Å²) in [5.41, 5.74) is -0.688. The van der Waals surface area contributed by atoms with E-state index in [1.807, 2.05) is 35.0 Å². The van der Waals surface area contributed by atoms with Crippen molar-refractivity contribution in [2.45, 2.75) is 26.7 Å². The van der Waals surface area contributed by atoms with Crippen molar-refractivity contribution >= 4 is 68.4 Å². The lowest BCUT2D eigenvalue weighted by Gasteiger charge is -1.96. The summed E-state index contributed by atoms with van der Waals surface area (Å²) in [5.74, 6) is -2.69. The highest BCUT2D eigenvalue weighted by Gasteiger charge is 2.27. The van der Waals surface area contributed by atoms with Crippen molar-refractivity contribution in [2.24, 2.45) is 9.98 Å². The Morgan fingerprint density at radius 3 is 1.55 bits per heavy atom. The van der Waals surface area contributed by atoms with E-state index >= 15 is 0 Å². The molecule has 0 aromatic carbocycles. The fraction of sp³-hybridized carbons (Fsp3) is 0.200. The largest absolute Gasteiger partial charge is 0.478 e. The van der Waals surface area contributed by atoms with Crippen molar-refractivity contribution < 1.29 is 19.8 Å². The van der Waals surface area contributed by atoms with Gasteiger partial charge in [0.1, 0.15) is 21.1 Å². The van der Waals surface area contributed by atoms with Crippen LogP contribution in [0, 0.1) is 0 Å². The summed E-state index contributed by atoms with van der Waals surface area (Å²) in [6.45, 7) is 4.36. The minimum Gasteiger partial charge on any atom is -0.478 e. The Hall–Kier alpha value is -2.62. The number of hydrogen-bond donors (Lipinski definition) is 2. The number of carboxylic acids is 2. The van der Waals surface area contributed by atoms with Crippen LogP contribution >= 0.6 is 34.0 Å². The number of hydrogen-bond acceptors (Lipinski definition) is 7. The summed E-state index contributed by atoms with van der Waals surface area (Å²) in [7, 11) is 0. The van der Waals surface area contributed by atoms with E-state index in [-0.39, 0.29) is 21.1 Å². The highest BCUT2D eigenvalue weighted by Crippen LogP contribution is 2.41. The SMILES string of the molecule is CCCC.O=C(O)c1c(/N=C/c2cccs2)sc(/N=C/c2cccs2)c1C(=O)O. The van der Waals surface area contributed by atoms with Gasteiger partial charge in [0.05, 0.1) is 0 Å². The molecule has 3 aromatic heterocycles. The zero-order valence-electron chi connectivity index (χ0n) is 15.9. The number of carbonyl (C=O) groups is 2. The van der Waals surface area contributed by atoms with Gasteiger partial charge in [-0.1, -0.05) is 50.2 Å². The first-order valence-electron chi connectivity index (χ1n) is 8.76. The van der Waals surface area contributed by atoms with E-state index in [1.54, 1.807) is 0 Å². The Balaban J connectivity index is 0.000000687. The third-order valence-electron chi connectivity index (χ3n) is 3.50. The number of carboxylic acid groups (broad SMARTS) is 2. The monoisotopic (exact) mass is 448 g/mol. The number of aromatic carboxylic acids is 2. The molecular weight excluding hydrogens is 428 g/mol. The lowest BCUT2D eigenvalue weighted by Crippen LogP contribution is -2.05. The number of aliphatic imine (C=N–C) groups is 2. The third kappa shape index (κ3) is 6.45. The van der Waals surface area contributed by atoms with E-state index in [9.17, 15) is 19.8 Å². The fourth-order valence-corrected chi connectivity index (χ4v) is 4.11. The molecule has 3 rings (SSSR count). The molecule has 6 nitrogen and oxygen atoms in total. The van der Waals surface area contributed by atoms with Gasteiger partial charge in [0.25, 0.3) is 0 Å². The average molecular weight is 449 g/mol. The fourth-order valence-electron chi connectivity index (χ4n) is 1.96. The third-order valence-corrected chi connectivity index (χ3v) is 6.12. The van der Waals surface area contributed by atoms with Gasteiger partial charge in [-0.2, -0.15) is 0 Å². The Kier molecular flexibility index (Phi) is 8.91. The number of rotatable bonds is 7. The highest BCUT2D eigenvalue weighted by atomic mass is 32.1. The topological polar surface area (TPSA) is 99.3 Å². The summed E-state index contributed by atoms with van der Waals surface area (Å²) in [5, 5.41) is 22.8. The second-order valence-corrected chi connectivity index (χ2v) is 8.56. The van der Waals surface area contributed by atoms with Gasteiger partial charge < -0.3 is 10.2 Å². The molecule has 152 valence electrons. The standard InChI is InChI=1S/C16H10N2O4S3.C4H10/c19-15(20)11-12(16(21)22)14(18-8-10-4-2-6-24-10)25-13(11)17-7-9-3-1-5-23-9;1-3-4-2/h1-8H,(H,19,20)(H,21,22);3-4H2,1-2H3/b17-7+,18-8+;. The molecule has 0 atom stereocenters. The maximum atomic E-state index is 11.6. The second-order valence-electron chi connectivity index (χ2n) is 5.62. The molecule has 0 amide bonds. The molecule has 0 unspecified atom stereocenters. The van der Waals surface area contributed by atoms with Crippen molar-refractivity contribution in [1.29, 1.82) is 0 Å². The zero-order chi connectivity index (χ0) is 21.2. The Labute approximate surface area is 180 Å². The first-order valence-corrected chi connectivity index (χ1v) is 11.3. The van der Waals surface area contributed by atoms with Crippen molar-refractivity contribution in [1.82, 2.24) is 0 Å². The van der Waals surface area contributed by atoms with Crippen LogP contribution in [0.25, 0.3) is 0 Å². The summed E-state index contributed by atoms with van der Waals surface area (Å²) in [4.78, 5) is 33.2. The highest BCUT2D eigenvalue weighted by molar-refractivity contribution is 7.20. The maximum absolute atomic E-state index is 11.6. The average Bonchev–Trinajstić information content (AvgIpc) is 3.45. The lowest BCUT2D eigenvalue weighted by molar-refractivity contribution is 0.0654. The molecule has 0 saturated carbocycles. The van der Waals surface area contributed by atoms with Crippen LogP contribution in [-0.2, 0) is 0 Å². The molecule has 9 heteroatoms. The summed E-state index contributed by atoms with van der Waals surface area (Å²) < 4.78 is 0. The van der Waals surface area contributed by atoms with Crippen LogP contribution in [-0.4, -0.2) is 34.6 Å². The Bertz CT molecular complexity index is 909. The van der Waals surface area contributed by atoms with Crippen LogP contribution in [0.2, 0.25) is 0 Å². The molecule has 3 heterocycles. The zero-order valence-corrected chi connectivity index (χ0v) is 18.3. The molecule has 0 aliphatic rings. The quantitative estimate of drug-likeness (QED) is 0.399. The van der Waals surface area contributed by atoms with Gasteiger partial charge in [-0.25, -0.2) is 19.6 Å². The molecule has 3 aromatic rings. The number of thiophene rings is 3. The second kappa shape index (κ2) is 11.4. The molecular formula is C20H20N2O4S3. The van der Waals surface area contributed by atoms with E-state index in [0.29, 0.717) is 0 Å². The van der Waals surface area contributed by atoms with Gasteiger partial charge >= 0.3 is 11.9 Å². The van der Waals surface area contributed by atoms with Crippen LogP contribution in [0.5, 0.6) is 0 Å². The summed E-state index contributed by atoms with van der Waals surface area (Å²) in [6.07, 6.45) is 5.67. The van der Waals surface area contributed by atoms with Crippen molar-refractivity contribution in [3.05, 3.63) is 55.9 Å². The minimum absolute atomic E-state index is 0.108. The minimum atomic E-state index is -1.34. The van der Waals surface area contributed by atoms with Crippen LogP contribution in [0.4, 0.5) is 10.0 Å². The molecule has 0 saturated heterocycles. The van der Waals surface area contributed by atoms with E-state index in [2.05, 4.69) is 23.8 Å². The van der Waals surface area contributed by atoms with Gasteiger partial charge in [-0.3, -0.25) is 0 Å². The maximum Gasteiger partial charge on any atom is 0.339 e. The molecule has 0 fully saturated rings. The molecule has 0 spiro atoms. The van der Waals surface area contributed by atoms with Gasteiger partial charge in [0.15, 0.2) is 0 Å². The first kappa shape index (κ1) is 22.7. The summed E-state index contributed by atoms with van der Waals surface area (Å²) in [6, 6.07) is 7.35. The lowest BCUT2D eigenvalue weighted by atomic mass is 10.1. The Morgan fingerprint density at radius 1 is 0.862 bits per heavy atom. The van der Waals surface area contributed by atoms with E-state index in [0.717, 1.165) is 21.1 Å². The normalized spacial score (nSPS) is 11.0. The summed E-state index contributed by atoms with van der Waals surface area (Å²) >= 11 is 3.83. The van der Waals surface area contributed by atoms with Crippen molar-refractivity contribution in [2.75, 3.05) is 0 Å². The molecule has 29 heavy (non-hydrogen) atoms. The molecule has 0 bridgehead atoms. The van der Waals surface area contributed by atoms with E-state index in [4.69, 9.17) is 0 Å². The predicted octanol–water partition coefficient (Wildman–Crippen LogP) is 6.58. The smallest absolute Gasteiger partial charge is 0.339 e. The van der Waals surface area contributed by atoms with E-state index in [1.165, 1.54) is 47.9 Å². The van der Waals surface area contributed by atoms with Crippen LogP contribution in [0.1, 0.15) is 57.2 Å². The van der Waals surface area contributed by atoms with Gasteiger partial charge in [0.2, 0.25) is 0 Å². The van der Waals surface area contributed by atoms with E-state index < -0.39 is 11.9 Å². The molecule has 2 N–H and O–H groups in total. The van der Waals surface area contributed by atoms with Gasteiger partial charge in [-0.05, 0) is 22.9 Å². The van der Waals surface area contributed by atoms with Crippen LogP contribution in [0.15, 0.2) is 45.0 Å². The molecule has 0 aliphatic heterocycles. The van der Waals surface area contributed by atoms with Gasteiger partial charge in [0, 0.05) is 22.2 Å². The van der Waals surface area contributed by atoms with Gasteiger partial charge in [-0.15, -0.1) is 22.7 Å². The van der Waals surface area contributed by atoms with Crippen LogP contribution < -0.4 is 0 Å².